The van der Waals surface area contributed by atoms with Crippen LogP contribution in [0, 0.1) is 0 Å². The molecule has 136 valence electrons. The summed E-state index contributed by atoms with van der Waals surface area (Å²) in [6, 6.07) is 16.5. The molecule has 26 heavy (non-hydrogen) atoms. The fourth-order valence-electron chi connectivity index (χ4n) is 2.97. The number of hydrogen-bond donors (Lipinski definition) is 2. The molecule has 2 N–H and O–H groups in total. The number of β-amino-alcohol motifs (C(OH)–C–C–N with tert-alkyl or cyclic N) is 1. The normalized spacial score (nSPS) is 16.0. The molecule has 2 heterocycles. The van der Waals surface area contributed by atoms with Gasteiger partial charge in [-0.05, 0) is 18.2 Å². The first-order chi connectivity index (χ1) is 12.2. The number of thiazole rings is 1. The molecule has 0 amide bonds. The summed E-state index contributed by atoms with van der Waals surface area (Å²) in [6.45, 7) is 0.133. The smallest absolute Gasteiger partial charge is 0.265 e. The summed E-state index contributed by atoms with van der Waals surface area (Å²) >= 11 is 3.45. The Balaban J connectivity index is 0.00000196. The number of benzene rings is 2. The Morgan fingerprint density at radius 2 is 1.88 bits per heavy atom. The highest BCUT2D eigenvalue weighted by Crippen LogP contribution is 2.46. The van der Waals surface area contributed by atoms with E-state index in [1.165, 1.54) is 15.1 Å². The Morgan fingerprint density at radius 3 is 2.65 bits per heavy atom. The Bertz CT molecular complexity index is 958. The second-order valence-corrected chi connectivity index (χ2v) is 8.09. The van der Waals surface area contributed by atoms with Crippen molar-refractivity contribution in [3.05, 3.63) is 58.6 Å². The molecule has 1 unspecified atom stereocenters. The van der Waals surface area contributed by atoms with Crippen molar-refractivity contribution in [1.29, 1.82) is 0 Å². The van der Waals surface area contributed by atoms with Gasteiger partial charge >= 0.3 is 0 Å². The van der Waals surface area contributed by atoms with Crippen LogP contribution in [0.2, 0.25) is 0 Å². The lowest BCUT2D eigenvalue weighted by atomic mass is 10.2. The zero-order valence-corrected chi connectivity index (χ0v) is 18.0. The summed E-state index contributed by atoms with van der Waals surface area (Å²) in [4.78, 5) is 3.26. The monoisotopic (exact) mass is 498 g/mol. The Morgan fingerprint density at radius 1 is 1.15 bits per heavy atom. The summed E-state index contributed by atoms with van der Waals surface area (Å²) in [5.74, 6) is 0. The summed E-state index contributed by atoms with van der Waals surface area (Å²) in [7, 11) is 2.07. The molecule has 1 aromatic heterocycles. The molecule has 7 heteroatoms. The van der Waals surface area contributed by atoms with Gasteiger partial charge in [0, 0.05) is 11.0 Å². The summed E-state index contributed by atoms with van der Waals surface area (Å²) < 4.78 is 3.44. The van der Waals surface area contributed by atoms with Crippen LogP contribution in [-0.4, -0.2) is 29.5 Å². The molecule has 0 aliphatic carbocycles. The largest absolute Gasteiger partial charge is 1.00 e. The topological polar surface area (TPSA) is 47.6 Å². The van der Waals surface area contributed by atoms with E-state index in [0.29, 0.717) is 6.54 Å². The van der Waals surface area contributed by atoms with Crippen LogP contribution >= 0.6 is 23.1 Å². The molecule has 1 aliphatic heterocycles. The van der Waals surface area contributed by atoms with Crippen LogP contribution in [0.1, 0.15) is 5.01 Å². The lowest BCUT2D eigenvalue weighted by Gasteiger charge is -2.22. The number of hydrogen-bond acceptors (Lipinski definition) is 5. The van der Waals surface area contributed by atoms with Gasteiger partial charge in [0.2, 0.25) is 5.52 Å². The van der Waals surface area contributed by atoms with Gasteiger partial charge in [0.05, 0.1) is 36.0 Å². The van der Waals surface area contributed by atoms with Crippen LogP contribution in [-0.2, 0) is 7.05 Å². The molecule has 0 saturated heterocycles. The third-order valence-electron chi connectivity index (χ3n) is 4.26. The zero-order valence-electron chi connectivity index (χ0n) is 14.2. The van der Waals surface area contributed by atoms with E-state index in [4.69, 9.17) is 0 Å². The predicted molar refractivity (Wildman–Crippen MR) is 104 cm³/mol. The quantitative estimate of drug-likeness (QED) is 0.393. The highest BCUT2D eigenvalue weighted by Gasteiger charge is 2.28. The van der Waals surface area contributed by atoms with Crippen molar-refractivity contribution in [3.63, 3.8) is 0 Å². The molecule has 0 radical (unpaired) electrons. The fraction of sp³-hybridized carbons (Fsp3) is 0.211. The minimum atomic E-state index is -0.772. The first-order valence-electron chi connectivity index (χ1n) is 8.10. The van der Waals surface area contributed by atoms with Gasteiger partial charge in [-0.3, -0.25) is 0 Å². The zero-order chi connectivity index (χ0) is 17.4. The second kappa shape index (κ2) is 8.26. The summed E-state index contributed by atoms with van der Waals surface area (Å²) in [5, 5.41) is 21.4. The number of aliphatic hydroxyl groups excluding tert-OH is 2. The van der Waals surface area contributed by atoms with Gasteiger partial charge in [0.15, 0.2) is 0 Å². The van der Waals surface area contributed by atoms with E-state index in [1.807, 2.05) is 12.1 Å². The van der Waals surface area contributed by atoms with Crippen LogP contribution in [0.25, 0.3) is 16.3 Å². The van der Waals surface area contributed by atoms with E-state index in [-0.39, 0.29) is 30.6 Å². The fourth-order valence-corrected chi connectivity index (χ4v) is 5.24. The van der Waals surface area contributed by atoms with Crippen molar-refractivity contribution in [2.24, 2.45) is 7.05 Å². The van der Waals surface area contributed by atoms with Gasteiger partial charge in [-0.25, -0.2) is 0 Å². The van der Waals surface area contributed by atoms with Crippen molar-refractivity contribution >= 4 is 45.1 Å². The third-order valence-corrected chi connectivity index (χ3v) is 6.54. The van der Waals surface area contributed by atoms with Crippen molar-refractivity contribution in [2.75, 3.05) is 18.1 Å². The van der Waals surface area contributed by atoms with E-state index in [9.17, 15) is 10.2 Å². The number of thioether (sulfide) groups is 1. The van der Waals surface area contributed by atoms with E-state index >= 15 is 0 Å². The lowest BCUT2D eigenvalue weighted by Crippen LogP contribution is -3.00. The Hall–Kier alpha value is -1.13. The van der Waals surface area contributed by atoms with Crippen LogP contribution in [0.3, 0.4) is 0 Å². The lowest BCUT2D eigenvalue weighted by molar-refractivity contribution is -0.642. The van der Waals surface area contributed by atoms with Crippen molar-refractivity contribution < 1.29 is 38.8 Å². The minimum Gasteiger partial charge on any atom is -1.00 e. The average Bonchev–Trinajstić information content (AvgIpc) is 3.14. The number of aliphatic hydroxyl groups is 2. The van der Waals surface area contributed by atoms with Gasteiger partial charge in [-0.15, -0.1) is 0 Å². The molecule has 0 fully saturated rings. The standard InChI is InChI=1S/C19H19N2O2S2.HI/c1-20-14-6-2-4-8-16(14)24-18(20)10-19-21(11-13(23)12-22)15-7-3-5-9-17(15)25-19;/h2-10,13,22-23H,11-12H2,1H3;1H/q+1;/p-1. The first-order valence-corrected chi connectivity index (χ1v) is 9.73. The van der Waals surface area contributed by atoms with Crippen molar-refractivity contribution in [1.82, 2.24) is 0 Å². The van der Waals surface area contributed by atoms with Gasteiger partial charge in [0.1, 0.15) is 11.7 Å². The molecule has 2 aromatic carbocycles. The first kappa shape index (κ1) is 19.6. The minimum absolute atomic E-state index is 0. The number of rotatable bonds is 4. The molecule has 0 bridgehead atoms. The number of aryl methyl sites for hydroxylation is 1. The molecule has 0 saturated carbocycles. The van der Waals surface area contributed by atoms with Gasteiger partial charge in [-0.2, -0.15) is 4.57 Å². The van der Waals surface area contributed by atoms with E-state index in [1.54, 1.807) is 23.1 Å². The van der Waals surface area contributed by atoms with E-state index in [0.717, 1.165) is 15.7 Å². The Kier molecular flexibility index (Phi) is 6.24. The average molecular weight is 498 g/mol. The van der Waals surface area contributed by atoms with Gasteiger partial charge in [-0.1, -0.05) is 47.4 Å². The molecule has 3 aromatic rings. The molecule has 4 rings (SSSR count). The predicted octanol–water partition coefficient (Wildman–Crippen LogP) is -0.00630. The van der Waals surface area contributed by atoms with Crippen molar-refractivity contribution in [3.8, 4) is 0 Å². The van der Waals surface area contributed by atoms with Crippen LogP contribution in [0.4, 0.5) is 5.69 Å². The maximum Gasteiger partial charge on any atom is 0.265 e. The molecular formula is C19H19IN2O2S2. The number of aromatic nitrogens is 1. The second-order valence-electron chi connectivity index (χ2n) is 5.97. The Labute approximate surface area is 177 Å². The SMILES string of the molecule is C[n+]1c(/C=C2\Sc3ccccc3N2CC(O)CO)sc2ccccc21.[I-]. The van der Waals surface area contributed by atoms with Crippen molar-refractivity contribution in [2.45, 2.75) is 11.0 Å². The summed E-state index contributed by atoms with van der Waals surface area (Å²) in [5.41, 5.74) is 2.29. The maximum atomic E-state index is 9.97. The molecule has 4 nitrogen and oxygen atoms in total. The molecular weight excluding hydrogens is 479 g/mol. The number of fused-ring (bicyclic) bond motifs is 2. The van der Waals surface area contributed by atoms with Gasteiger partial charge in [0.25, 0.3) is 5.01 Å². The molecule has 0 spiro atoms. The number of nitrogens with zero attached hydrogens (tertiary/aromatic N) is 2. The van der Waals surface area contributed by atoms with Crippen LogP contribution in [0.5, 0.6) is 0 Å². The molecule has 1 aliphatic rings. The van der Waals surface area contributed by atoms with Crippen LogP contribution < -0.4 is 33.4 Å². The maximum absolute atomic E-state index is 9.97. The third kappa shape index (κ3) is 3.63. The van der Waals surface area contributed by atoms with Crippen LogP contribution in [0.15, 0.2) is 58.5 Å². The highest BCUT2D eigenvalue weighted by atomic mass is 127. The summed E-state index contributed by atoms with van der Waals surface area (Å²) in [6.07, 6.45) is 1.39. The number of para-hydroxylation sites is 2. The van der Waals surface area contributed by atoms with E-state index < -0.39 is 6.10 Å². The van der Waals surface area contributed by atoms with Gasteiger partial charge < -0.3 is 39.1 Å². The number of halogens is 1. The number of anilines is 1. The highest BCUT2D eigenvalue weighted by molar-refractivity contribution is 8.03. The van der Waals surface area contributed by atoms with E-state index in [2.05, 4.69) is 59.0 Å². The molecule has 1 atom stereocenters.